The number of aliphatic imine (C=N–C) groups is 1. The van der Waals surface area contributed by atoms with Crippen molar-refractivity contribution in [1.82, 2.24) is 20.0 Å². The molecule has 136 valence electrons. The van der Waals surface area contributed by atoms with Crippen molar-refractivity contribution in [3.05, 3.63) is 17.5 Å². The molecule has 3 rings (SSSR count). The first-order valence-electron chi connectivity index (χ1n) is 9.23. The van der Waals surface area contributed by atoms with Gasteiger partial charge in [-0.3, -0.25) is 19.3 Å². The molecule has 1 spiro atoms. The Labute approximate surface area is 148 Å². The Morgan fingerprint density at radius 3 is 2.68 bits per heavy atom. The topological polar surface area (TPSA) is 79.6 Å². The van der Waals surface area contributed by atoms with E-state index in [0.717, 1.165) is 30.8 Å². The zero-order valence-electron chi connectivity index (χ0n) is 15.3. The van der Waals surface area contributed by atoms with Gasteiger partial charge in [0.25, 0.3) is 11.8 Å². The molecule has 1 fully saturated rings. The van der Waals surface area contributed by atoms with E-state index in [4.69, 9.17) is 4.99 Å². The quantitative estimate of drug-likeness (QED) is 0.885. The second kappa shape index (κ2) is 6.98. The number of nitrogens with zero attached hydrogens (tertiary/aromatic N) is 4. The van der Waals surface area contributed by atoms with Gasteiger partial charge < -0.3 is 10.2 Å². The molecule has 2 amide bonds. The Morgan fingerprint density at radius 2 is 2.04 bits per heavy atom. The maximum Gasteiger partial charge on any atom is 0.272 e. The molecule has 0 unspecified atom stereocenters. The van der Waals surface area contributed by atoms with E-state index in [1.54, 1.807) is 4.68 Å². The third kappa shape index (κ3) is 3.32. The molecule has 1 aromatic rings. The summed E-state index contributed by atoms with van der Waals surface area (Å²) in [4.78, 5) is 31.8. The third-order valence-corrected chi connectivity index (χ3v) is 5.10. The van der Waals surface area contributed by atoms with Crippen molar-refractivity contribution in [1.29, 1.82) is 0 Å². The van der Waals surface area contributed by atoms with Gasteiger partial charge in [-0.2, -0.15) is 5.10 Å². The zero-order valence-corrected chi connectivity index (χ0v) is 15.3. The van der Waals surface area contributed by atoms with Crippen LogP contribution in [0.2, 0.25) is 0 Å². The molecule has 2 aliphatic rings. The number of rotatable bonds is 5. The molecule has 3 heterocycles. The second-order valence-electron chi connectivity index (χ2n) is 6.93. The first kappa shape index (κ1) is 17.6. The minimum absolute atomic E-state index is 0.000136. The number of likely N-dealkylation sites (tertiary alicyclic amines) is 1. The highest BCUT2D eigenvalue weighted by atomic mass is 16.2. The molecule has 2 aliphatic heterocycles. The lowest BCUT2D eigenvalue weighted by Gasteiger charge is -2.35. The summed E-state index contributed by atoms with van der Waals surface area (Å²) in [7, 11) is 0. The van der Waals surface area contributed by atoms with Crippen LogP contribution in [0.3, 0.4) is 0 Å². The number of piperidine rings is 1. The van der Waals surface area contributed by atoms with Crippen molar-refractivity contribution in [3.63, 3.8) is 0 Å². The summed E-state index contributed by atoms with van der Waals surface area (Å²) >= 11 is 0. The van der Waals surface area contributed by atoms with Crippen molar-refractivity contribution in [2.45, 2.75) is 65.0 Å². The van der Waals surface area contributed by atoms with Crippen LogP contribution < -0.4 is 5.32 Å². The number of amides is 2. The minimum atomic E-state index is -0.666. The Bertz CT molecular complexity index is 698. The molecule has 7 heteroatoms. The fraction of sp³-hybridized carbons (Fsp3) is 0.667. The van der Waals surface area contributed by atoms with Crippen molar-refractivity contribution >= 4 is 17.6 Å². The number of hydrogen-bond donors (Lipinski definition) is 1. The molecule has 1 N–H and O–H groups in total. The van der Waals surface area contributed by atoms with E-state index in [9.17, 15) is 9.59 Å². The van der Waals surface area contributed by atoms with Crippen LogP contribution in [-0.4, -0.2) is 51.0 Å². The van der Waals surface area contributed by atoms with Gasteiger partial charge in [0.1, 0.15) is 17.1 Å². The molecule has 25 heavy (non-hydrogen) atoms. The van der Waals surface area contributed by atoms with Crippen LogP contribution >= 0.6 is 0 Å². The summed E-state index contributed by atoms with van der Waals surface area (Å²) in [5.41, 5.74) is 0.804. The van der Waals surface area contributed by atoms with Crippen LogP contribution in [0.15, 0.2) is 11.1 Å². The van der Waals surface area contributed by atoms with E-state index >= 15 is 0 Å². The van der Waals surface area contributed by atoms with E-state index in [2.05, 4.69) is 17.3 Å². The maximum atomic E-state index is 12.8. The molecule has 0 aromatic carbocycles. The van der Waals surface area contributed by atoms with Crippen LogP contribution in [0, 0.1) is 6.92 Å². The summed E-state index contributed by atoms with van der Waals surface area (Å²) in [6.07, 6.45) is 4.09. The number of aromatic nitrogens is 2. The molecule has 0 radical (unpaired) electrons. The van der Waals surface area contributed by atoms with Gasteiger partial charge in [-0.05, 0) is 39.2 Å². The van der Waals surface area contributed by atoms with Crippen molar-refractivity contribution < 1.29 is 9.59 Å². The van der Waals surface area contributed by atoms with Crippen molar-refractivity contribution in [2.75, 3.05) is 13.1 Å². The molecule has 0 saturated carbocycles. The predicted molar refractivity (Wildman–Crippen MR) is 95.6 cm³/mol. The van der Waals surface area contributed by atoms with Gasteiger partial charge >= 0.3 is 0 Å². The summed E-state index contributed by atoms with van der Waals surface area (Å²) < 4.78 is 1.74. The highest BCUT2D eigenvalue weighted by Gasteiger charge is 2.46. The van der Waals surface area contributed by atoms with E-state index < -0.39 is 5.54 Å². The zero-order chi connectivity index (χ0) is 18.0. The number of amidine groups is 1. The number of nitrogens with one attached hydrogen (secondary N) is 1. The van der Waals surface area contributed by atoms with E-state index in [1.165, 1.54) is 0 Å². The molecule has 0 atom stereocenters. The molecular formula is C18H27N5O2. The number of carbonyl (C=O) groups excluding carboxylic acids is 2. The number of carbonyl (C=O) groups is 2. The molecular weight excluding hydrogens is 318 g/mol. The standard InChI is InChI=1S/C18H27N5O2/c1-4-6-7-15-19-17(25)18(20-15)8-10-22(11-9-18)16(24)14-12-13(3)21-23(14)5-2/h12H,4-11H2,1-3H3,(H,19,20,25). The Balaban J connectivity index is 1.68. The third-order valence-electron chi connectivity index (χ3n) is 5.10. The fourth-order valence-corrected chi connectivity index (χ4v) is 3.59. The fourth-order valence-electron chi connectivity index (χ4n) is 3.59. The smallest absolute Gasteiger partial charge is 0.272 e. The lowest BCUT2D eigenvalue weighted by atomic mass is 9.88. The maximum absolute atomic E-state index is 12.8. The monoisotopic (exact) mass is 345 g/mol. The molecule has 0 bridgehead atoms. The van der Waals surface area contributed by atoms with Gasteiger partial charge in [-0.25, -0.2) is 0 Å². The molecule has 0 aliphatic carbocycles. The van der Waals surface area contributed by atoms with Crippen molar-refractivity contribution in [2.24, 2.45) is 4.99 Å². The van der Waals surface area contributed by atoms with Crippen molar-refractivity contribution in [3.8, 4) is 0 Å². The molecule has 1 saturated heterocycles. The summed E-state index contributed by atoms with van der Waals surface area (Å²) in [6.45, 7) is 7.75. The first-order valence-corrected chi connectivity index (χ1v) is 9.23. The highest BCUT2D eigenvalue weighted by Crippen LogP contribution is 2.31. The summed E-state index contributed by atoms with van der Waals surface area (Å²) in [5, 5.41) is 7.29. The van der Waals surface area contributed by atoms with E-state index in [0.29, 0.717) is 38.2 Å². The van der Waals surface area contributed by atoms with Gasteiger partial charge in [-0.1, -0.05) is 13.3 Å². The van der Waals surface area contributed by atoms with Crippen LogP contribution in [0.4, 0.5) is 0 Å². The summed E-state index contributed by atoms with van der Waals surface area (Å²) in [6, 6.07) is 1.83. The van der Waals surface area contributed by atoms with Crippen LogP contribution in [0.5, 0.6) is 0 Å². The SMILES string of the molecule is CCCCC1=NC2(CCN(C(=O)c3cc(C)nn3CC)CC2)C(=O)N1. The van der Waals surface area contributed by atoms with Gasteiger partial charge in [0.05, 0.1) is 5.69 Å². The average Bonchev–Trinajstić information content (AvgIpc) is 3.13. The minimum Gasteiger partial charge on any atom is -0.337 e. The number of hydrogen-bond acceptors (Lipinski definition) is 4. The Morgan fingerprint density at radius 1 is 1.32 bits per heavy atom. The van der Waals surface area contributed by atoms with Gasteiger partial charge in [0.15, 0.2) is 0 Å². The Hall–Kier alpha value is -2.18. The van der Waals surface area contributed by atoms with Gasteiger partial charge in [0.2, 0.25) is 0 Å². The number of unbranched alkanes of at least 4 members (excludes halogenated alkanes) is 1. The lowest BCUT2D eigenvalue weighted by molar-refractivity contribution is -0.125. The normalized spacial score (nSPS) is 19.2. The van der Waals surface area contributed by atoms with E-state index in [1.807, 2.05) is 24.8 Å². The second-order valence-corrected chi connectivity index (χ2v) is 6.93. The average molecular weight is 345 g/mol. The highest BCUT2D eigenvalue weighted by molar-refractivity contribution is 6.08. The van der Waals surface area contributed by atoms with Crippen LogP contribution in [0.1, 0.15) is 62.1 Å². The summed E-state index contributed by atoms with van der Waals surface area (Å²) in [5.74, 6) is 0.803. The molecule has 7 nitrogen and oxygen atoms in total. The van der Waals surface area contributed by atoms with Gasteiger partial charge in [-0.15, -0.1) is 0 Å². The lowest BCUT2D eigenvalue weighted by Crippen LogP contribution is -2.50. The largest absolute Gasteiger partial charge is 0.337 e. The van der Waals surface area contributed by atoms with E-state index in [-0.39, 0.29) is 11.8 Å². The first-order chi connectivity index (χ1) is 12.0. The predicted octanol–water partition coefficient (Wildman–Crippen LogP) is 1.90. The Kier molecular flexibility index (Phi) is 4.92. The molecule has 1 aromatic heterocycles. The van der Waals surface area contributed by atoms with Crippen LogP contribution in [-0.2, 0) is 11.3 Å². The van der Waals surface area contributed by atoms with Gasteiger partial charge in [0, 0.05) is 26.1 Å². The van der Waals surface area contributed by atoms with Crippen LogP contribution in [0.25, 0.3) is 0 Å². The number of aryl methyl sites for hydroxylation is 2.